The van der Waals surface area contributed by atoms with Gasteiger partial charge in [-0.2, -0.15) is 5.10 Å². The van der Waals surface area contributed by atoms with Gasteiger partial charge in [-0.3, -0.25) is 9.10 Å². The van der Waals surface area contributed by atoms with Crippen LogP contribution in [0.4, 0.5) is 5.69 Å². The number of nitrogens with one attached hydrogen (secondary N) is 1. The second kappa shape index (κ2) is 10.7. The largest absolute Gasteiger partial charge is 0.271 e. The van der Waals surface area contributed by atoms with Crippen LogP contribution in [0.5, 0.6) is 0 Å². The molecule has 3 aromatic rings. The Kier molecular flexibility index (Phi) is 8.14. The average molecular weight is 596 g/mol. The van der Waals surface area contributed by atoms with Gasteiger partial charge < -0.3 is 0 Å². The molecule has 0 heterocycles. The van der Waals surface area contributed by atoms with Gasteiger partial charge in [0.15, 0.2) is 0 Å². The molecule has 9 heteroatoms. The van der Waals surface area contributed by atoms with E-state index in [1.807, 2.05) is 38.1 Å². The Labute approximate surface area is 212 Å². The molecule has 3 rings (SSSR count). The summed E-state index contributed by atoms with van der Waals surface area (Å²) in [7, 11) is -4.03. The van der Waals surface area contributed by atoms with Crippen molar-refractivity contribution >= 4 is 61.5 Å². The maximum absolute atomic E-state index is 13.4. The van der Waals surface area contributed by atoms with Gasteiger partial charge in [0.25, 0.3) is 15.9 Å². The Balaban J connectivity index is 1.90. The lowest BCUT2D eigenvalue weighted by molar-refractivity contribution is -0.119. The van der Waals surface area contributed by atoms with E-state index in [-0.39, 0.29) is 4.90 Å². The molecule has 0 aliphatic carbocycles. The van der Waals surface area contributed by atoms with Gasteiger partial charge in [0.05, 0.1) is 16.3 Å². The van der Waals surface area contributed by atoms with Crippen LogP contribution in [0.15, 0.2) is 76.7 Å². The minimum absolute atomic E-state index is 0.0798. The molecule has 0 radical (unpaired) electrons. The van der Waals surface area contributed by atoms with Gasteiger partial charge >= 0.3 is 0 Å². The number of anilines is 1. The van der Waals surface area contributed by atoms with E-state index < -0.39 is 22.5 Å². The molecular formula is C24H23ClIN3O3S. The molecule has 0 saturated heterocycles. The van der Waals surface area contributed by atoms with Crippen molar-refractivity contribution in [2.45, 2.75) is 25.7 Å². The number of carbonyl (C=O) groups excluding carboxylic acids is 1. The second-order valence-corrected chi connectivity index (χ2v) is 11.0. The van der Waals surface area contributed by atoms with E-state index in [0.29, 0.717) is 16.4 Å². The zero-order chi connectivity index (χ0) is 24.2. The molecule has 0 fully saturated rings. The van der Waals surface area contributed by atoms with Crippen molar-refractivity contribution in [3.8, 4) is 0 Å². The number of aryl methyl sites for hydroxylation is 2. The maximum Gasteiger partial charge on any atom is 0.264 e. The minimum Gasteiger partial charge on any atom is -0.271 e. The third-order valence-corrected chi connectivity index (χ3v) is 7.86. The molecule has 1 amide bonds. The highest BCUT2D eigenvalue weighted by Crippen LogP contribution is 2.28. The van der Waals surface area contributed by atoms with E-state index >= 15 is 0 Å². The molecule has 172 valence electrons. The fourth-order valence-electron chi connectivity index (χ4n) is 2.96. The molecule has 1 N–H and O–H groups in total. The molecule has 6 nitrogen and oxygen atoms in total. The van der Waals surface area contributed by atoms with Crippen LogP contribution in [-0.2, 0) is 14.8 Å². The Morgan fingerprint density at radius 2 is 1.67 bits per heavy atom. The lowest BCUT2D eigenvalue weighted by Gasteiger charge is -2.24. The fraction of sp³-hybridized carbons (Fsp3) is 0.167. The predicted octanol–water partition coefficient (Wildman–Crippen LogP) is 5.30. The zero-order valence-corrected chi connectivity index (χ0v) is 22.1. The van der Waals surface area contributed by atoms with Gasteiger partial charge in [-0.25, -0.2) is 13.8 Å². The minimum atomic E-state index is -4.03. The van der Waals surface area contributed by atoms with Crippen LogP contribution in [-0.4, -0.2) is 26.6 Å². The van der Waals surface area contributed by atoms with Crippen molar-refractivity contribution in [1.29, 1.82) is 0 Å². The van der Waals surface area contributed by atoms with E-state index in [2.05, 4.69) is 33.1 Å². The summed E-state index contributed by atoms with van der Waals surface area (Å²) in [6.07, 6.45) is 0. The highest BCUT2D eigenvalue weighted by atomic mass is 127. The molecule has 0 unspecified atom stereocenters. The number of benzene rings is 3. The number of hydrazone groups is 1. The number of halogens is 2. The highest BCUT2D eigenvalue weighted by Gasteiger charge is 2.27. The Hall–Kier alpha value is -2.43. The predicted molar refractivity (Wildman–Crippen MR) is 141 cm³/mol. The molecule has 0 aromatic heterocycles. The molecule has 0 saturated carbocycles. The van der Waals surface area contributed by atoms with Crippen LogP contribution in [0, 0.1) is 17.4 Å². The van der Waals surface area contributed by atoms with Crippen molar-refractivity contribution in [2.24, 2.45) is 5.10 Å². The van der Waals surface area contributed by atoms with Crippen LogP contribution < -0.4 is 9.73 Å². The van der Waals surface area contributed by atoms with Gasteiger partial charge in [-0.15, -0.1) is 0 Å². The van der Waals surface area contributed by atoms with E-state index in [1.54, 1.807) is 31.2 Å². The second-order valence-electron chi connectivity index (χ2n) is 7.50. The SMILES string of the molecule is C/C(=N/NC(=O)CN(c1ccc(C)c(Cl)c1)S(=O)(=O)c1ccc(C)cc1)c1ccc(I)cc1. The normalized spacial score (nSPS) is 11.8. The standard InChI is InChI=1S/C24H23ClIN3O3S/c1-16-4-12-22(13-5-16)33(31,32)29(21-11-6-17(2)23(25)14-21)15-24(30)28-27-18(3)19-7-9-20(26)10-8-19/h4-14H,15H2,1-3H3,(H,28,30)/b27-18-. The molecule has 0 atom stereocenters. The van der Waals surface area contributed by atoms with Crippen LogP contribution in [0.2, 0.25) is 5.02 Å². The molecule has 0 aliphatic heterocycles. The number of amides is 1. The van der Waals surface area contributed by atoms with Gasteiger partial charge in [0.1, 0.15) is 6.54 Å². The quantitative estimate of drug-likeness (QED) is 0.229. The number of nitrogens with zero attached hydrogens (tertiary/aromatic N) is 2. The Morgan fingerprint density at radius 3 is 2.27 bits per heavy atom. The average Bonchev–Trinajstić information content (AvgIpc) is 2.78. The fourth-order valence-corrected chi connectivity index (χ4v) is 4.90. The van der Waals surface area contributed by atoms with E-state index in [9.17, 15) is 13.2 Å². The smallest absolute Gasteiger partial charge is 0.264 e. The van der Waals surface area contributed by atoms with Crippen LogP contribution in [0.1, 0.15) is 23.6 Å². The molecule has 3 aromatic carbocycles. The number of rotatable bonds is 7. The monoisotopic (exact) mass is 595 g/mol. The van der Waals surface area contributed by atoms with Crippen LogP contribution in [0.25, 0.3) is 0 Å². The summed E-state index contributed by atoms with van der Waals surface area (Å²) in [6.45, 7) is 5.00. The molecule has 0 aliphatic rings. The molecule has 33 heavy (non-hydrogen) atoms. The van der Waals surface area contributed by atoms with Crippen molar-refractivity contribution in [3.05, 3.63) is 92.0 Å². The molecule has 0 spiro atoms. The number of sulfonamides is 1. The van der Waals surface area contributed by atoms with Crippen molar-refractivity contribution in [2.75, 3.05) is 10.8 Å². The van der Waals surface area contributed by atoms with Gasteiger partial charge in [-0.05, 0) is 90.9 Å². The van der Waals surface area contributed by atoms with Crippen LogP contribution in [0.3, 0.4) is 0 Å². The van der Waals surface area contributed by atoms with Gasteiger partial charge in [0, 0.05) is 8.59 Å². The first-order valence-corrected chi connectivity index (χ1v) is 12.9. The third kappa shape index (κ3) is 6.33. The summed E-state index contributed by atoms with van der Waals surface area (Å²) in [5.41, 5.74) is 5.94. The van der Waals surface area contributed by atoms with Crippen molar-refractivity contribution in [3.63, 3.8) is 0 Å². The van der Waals surface area contributed by atoms with Crippen molar-refractivity contribution < 1.29 is 13.2 Å². The first kappa shape index (κ1) is 25.2. The van der Waals surface area contributed by atoms with E-state index in [0.717, 1.165) is 24.6 Å². The first-order chi connectivity index (χ1) is 15.6. The van der Waals surface area contributed by atoms with Crippen LogP contribution >= 0.6 is 34.2 Å². The summed E-state index contributed by atoms with van der Waals surface area (Å²) in [5.74, 6) is -0.577. The summed E-state index contributed by atoms with van der Waals surface area (Å²) in [4.78, 5) is 12.8. The lowest BCUT2D eigenvalue weighted by atomic mass is 10.1. The Bertz CT molecular complexity index is 1290. The summed E-state index contributed by atoms with van der Waals surface area (Å²) in [6, 6.07) is 19.0. The maximum atomic E-state index is 13.4. The highest BCUT2D eigenvalue weighted by molar-refractivity contribution is 14.1. The van der Waals surface area contributed by atoms with E-state index in [1.165, 1.54) is 18.2 Å². The lowest BCUT2D eigenvalue weighted by Crippen LogP contribution is -2.39. The first-order valence-electron chi connectivity index (χ1n) is 10.0. The van der Waals surface area contributed by atoms with Crippen molar-refractivity contribution in [1.82, 2.24) is 5.43 Å². The topological polar surface area (TPSA) is 78.8 Å². The molecular weight excluding hydrogens is 573 g/mol. The van der Waals surface area contributed by atoms with Gasteiger partial charge in [0.2, 0.25) is 0 Å². The molecule has 0 bridgehead atoms. The van der Waals surface area contributed by atoms with E-state index in [4.69, 9.17) is 11.6 Å². The summed E-state index contributed by atoms with van der Waals surface area (Å²) < 4.78 is 29.0. The third-order valence-electron chi connectivity index (χ3n) is 4.95. The number of hydrogen-bond acceptors (Lipinski definition) is 4. The number of carbonyl (C=O) groups is 1. The summed E-state index contributed by atoms with van der Waals surface area (Å²) in [5, 5.41) is 4.54. The zero-order valence-electron chi connectivity index (χ0n) is 18.3. The Morgan fingerprint density at radius 1 is 1.03 bits per heavy atom. The van der Waals surface area contributed by atoms with Gasteiger partial charge in [-0.1, -0.05) is 47.5 Å². The summed E-state index contributed by atoms with van der Waals surface area (Å²) >= 11 is 8.46. The number of hydrogen-bond donors (Lipinski definition) is 1.